The Morgan fingerprint density at radius 1 is 1.15 bits per heavy atom. The van der Waals surface area contributed by atoms with Crippen molar-refractivity contribution in [3.63, 3.8) is 0 Å². The van der Waals surface area contributed by atoms with Gasteiger partial charge >= 0.3 is 0 Å². The quantitative estimate of drug-likeness (QED) is 0.658. The highest BCUT2D eigenvalue weighted by Gasteiger charge is 2.08. The number of aromatic nitrogens is 4. The molecule has 140 valence electrons. The molecular weight excluding hydrogens is 346 g/mol. The molecule has 8 heteroatoms. The van der Waals surface area contributed by atoms with E-state index in [0.29, 0.717) is 42.5 Å². The molecule has 0 unspecified atom stereocenters. The molecule has 1 N–H and O–H groups in total. The number of nitrogens with zero attached hydrogens (tertiary/aromatic N) is 4. The predicted octanol–water partition coefficient (Wildman–Crippen LogP) is 2.64. The summed E-state index contributed by atoms with van der Waals surface area (Å²) in [5, 5.41) is 10.3. The standard InChI is InChI=1S/C19H21N5O3/c1-3-27-16-7-4-14(10-17(16)26-2)5-9-19(25)23-15-6-8-18(20-11-15)24-12-21-22-13-24/h4,6-8,10-13H,3,5,9H2,1-2H3,(H,23,25). The largest absolute Gasteiger partial charge is 0.493 e. The fourth-order valence-corrected chi connectivity index (χ4v) is 2.56. The van der Waals surface area contributed by atoms with Crippen LogP contribution in [0.3, 0.4) is 0 Å². The van der Waals surface area contributed by atoms with Gasteiger partial charge in [-0.1, -0.05) is 6.07 Å². The van der Waals surface area contributed by atoms with Gasteiger partial charge in [0.15, 0.2) is 11.5 Å². The Kier molecular flexibility index (Phi) is 5.98. The number of ether oxygens (including phenoxy) is 2. The van der Waals surface area contributed by atoms with Crippen molar-refractivity contribution in [2.45, 2.75) is 19.8 Å². The first kappa shape index (κ1) is 18.4. The molecule has 1 aromatic carbocycles. The van der Waals surface area contributed by atoms with Gasteiger partial charge in [-0.2, -0.15) is 0 Å². The Labute approximate surface area is 157 Å². The Bertz CT molecular complexity index is 879. The summed E-state index contributed by atoms with van der Waals surface area (Å²) < 4.78 is 12.5. The molecule has 0 aliphatic heterocycles. The van der Waals surface area contributed by atoms with Crippen LogP contribution >= 0.6 is 0 Å². The van der Waals surface area contributed by atoms with Crippen LogP contribution in [0.15, 0.2) is 49.2 Å². The van der Waals surface area contributed by atoms with Gasteiger partial charge in [-0.25, -0.2) is 4.98 Å². The van der Waals surface area contributed by atoms with Gasteiger partial charge in [0.2, 0.25) is 5.91 Å². The number of carbonyl (C=O) groups excluding carboxylic acids is 1. The van der Waals surface area contributed by atoms with Crippen molar-refractivity contribution in [2.75, 3.05) is 19.0 Å². The van der Waals surface area contributed by atoms with Crippen LogP contribution in [-0.2, 0) is 11.2 Å². The Morgan fingerprint density at radius 3 is 2.63 bits per heavy atom. The number of amides is 1. The van der Waals surface area contributed by atoms with Gasteiger partial charge in [-0.05, 0) is 43.2 Å². The number of aryl methyl sites for hydroxylation is 1. The average molecular weight is 367 g/mol. The second kappa shape index (κ2) is 8.79. The summed E-state index contributed by atoms with van der Waals surface area (Å²) in [6, 6.07) is 9.28. The number of anilines is 1. The lowest BCUT2D eigenvalue weighted by Gasteiger charge is -2.11. The van der Waals surface area contributed by atoms with Crippen molar-refractivity contribution >= 4 is 11.6 Å². The molecule has 0 radical (unpaired) electrons. The Hall–Kier alpha value is -3.42. The van der Waals surface area contributed by atoms with E-state index in [0.717, 1.165) is 5.56 Å². The Morgan fingerprint density at radius 2 is 1.96 bits per heavy atom. The average Bonchev–Trinajstić information content (AvgIpc) is 3.23. The number of hydrogen-bond acceptors (Lipinski definition) is 6. The van der Waals surface area contributed by atoms with E-state index in [1.807, 2.05) is 25.1 Å². The third-order valence-electron chi connectivity index (χ3n) is 3.88. The molecule has 2 aromatic heterocycles. The van der Waals surface area contributed by atoms with Gasteiger partial charge in [0.25, 0.3) is 0 Å². The maximum atomic E-state index is 12.2. The summed E-state index contributed by atoms with van der Waals surface area (Å²) >= 11 is 0. The zero-order valence-electron chi connectivity index (χ0n) is 15.3. The number of nitrogens with one attached hydrogen (secondary N) is 1. The van der Waals surface area contributed by atoms with Gasteiger partial charge in [0.1, 0.15) is 18.5 Å². The highest BCUT2D eigenvalue weighted by Crippen LogP contribution is 2.28. The van der Waals surface area contributed by atoms with Crippen LogP contribution in [0.4, 0.5) is 5.69 Å². The topological polar surface area (TPSA) is 91.2 Å². The lowest BCUT2D eigenvalue weighted by molar-refractivity contribution is -0.116. The van der Waals surface area contributed by atoms with E-state index in [4.69, 9.17) is 9.47 Å². The smallest absolute Gasteiger partial charge is 0.224 e. The molecule has 0 bridgehead atoms. The molecule has 1 amide bonds. The lowest BCUT2D eigenvalue weighted by atomic mass is 10.1. The second-order valence-electron chi connectivity index (χ2n) is 5.74. The van der Waals surface area contributed by atoms with Gasteiger partial charge in [-0.15, -0.1) is 10.2 Å². The predicted molar refractivity (Wildman–Crippen MR) is 100 cm³/mol. The minimum atomic E-state index is -0.0818. The van der Waals surface area contributed by atoms with Crippen LogP contribution in [0.5, 0.6) is 11.5 Å². The molecule has 27 heavy (non-hydrogen) atoms. The molecule has 2 heterocycles. The fraction of sp³-hybridized carbons (Fsp3) is 0.263. The zero-order valence-corrected chi connectivity index (χ0v) is 15.3. The monoisotopic (exact) mass is 367 g/mol. The van der Waals surface area contributed by atoms with Crippen molar-refractivity contribution in [1.82, 2.24) is 19.7 Å². The second-order valence-corrected chi connectivity index (χ2v) is 5.74. The molecule has 0 aliphatic rings. The number of hydrogen-bond donors (Lipinski definition) is 1. The maximum Gasteiger partial charge on any atom is 0.224 e. The summed E-state index contributed by atoms with van der Waals surface area (Å²) in [6.07, 6.45) is 5.68. The highest BCUT2D eigenvalue weighted by molar-refractivity contribution is 5.90. The van der Waals surface area contributed by atoms with Crippen molar-refractivity contribution in [3.8, 4) is 17.3 Å². The van der Waals surface area contributed by atoms with Crippen LogP contribution in [-0.4, -0.2) is 39.4 Å². The van der Waals surface area contributed by atoms with Crippen molar-refractivity contribution < 1.29 is 14.3 Å². The molecule has 3 aromatic rings. The van der Waals surface area contributed by atoms with Crippen molar-refractivity contribution in [3.05, 3.63) is 54.7 Å². The van der Waals surface area contributed by atoms with E-state index >= 15 is 0 Å². The molecule has 3 rings (SSSR count). The van der Waals surface area contributed by atoms with Crippen molar-refractivity contribution in [1.29, 1.82) is 0 Å². The van der Waals surface area contributed by atoms with Crippen LogP contribution in [0, 0.1) is 0 Å². The summed E-state index contributed by atoms with van der Waals surface area (Å²) in [7, 11) is 1.60. The number of carbonyl (C=O) groups is 1. The van der Waals surface area contributed by atoms with Gasteiger partial charge in [-0.3, -0.25) is 9.36 Å². The van der Waals surface area contributed by atoms with E-state index in [1.165, 1.54) is 0 Å². The van der Waals surface area contributed by atoms with E-state index in [2.05, 4.69) is 20.5 Å². The minimum Gasteiger partial charge on any atom is -0.493 e. The first-order chi connectivity index (χ1) is 13.2. The summed E-state index contributed by atoms with van der Waals surface area (Å²) in [6.45, 7) is 2.49. The van der Waals surface area contributed by atoms with Crippen LogP contribution in [0.25, 0.3) is 5.82 Å². The van der Waals surface area contributed by atoms with Gasteiger partial charge < -0.3 is 14.8 Å². The van der Waals surface area contributed by atoms with E-state index in [1.54, 1.807) is 42.7 Å². The first-order valence-corrected chi connectivity index (χ1v) is 8.60. The molecule has 0 saturated carbocycles. The summed E-state index contributed by atoms with van der Waals surface area (Å²) in [5.41, 5.74) is 1.65. The molecule has 0 fully saturated rings. The molecule has 0 saturated heterocycles. The molecule has 8 nitrogen and oxygen atoms in total. The molecule has 0 atom stereocenters. The third-order valence-corrected chi connectivity index (χ3v) is 3.88. The molecule has 0 spiro atoms. The minimum absolute atomic E-state index is 0.0818. The Balaban J connectivity index is 1.55. The lowest BCUT2D eigenvalue weighted by Crippen LogP contribution is -2.12. The fourth-order valence-electron chi connectivity index (χ4n) is 2.56. The van der Waals surface area contributed by atoms with Crippen LogP contribution in [0.2, 0.25) is 0 Å². The van der Waals surface area contributed by atoms with Gasteiger partial charge in [0, 0.05) is 6.42 Å². The molecule has 0 aliphatic carbocycles. The number of methoxy groups -OCH3 is 1. The summed E-state index contributed by atoms with van der Waals surface area (Å²) in [5.74, 6) is 1.97. The van der Waals surface area contributed by atoms with Crippen molar-refractivity contribution in [2.24, 2.45) is 0 Å². The number of rotatable bonds is 8. The van der Waals surface area contributed by atoms with E-state index in [9.17, 15) is 4.79 Å². The number of benzene rings is 1. The van der Waals surface area contributed by atoms with Crippen LogP contribution < -0.4 is 14.8 Å². The SMILES string of the molecule is CCOc1ccc(CCC(=O)Nc2ccc(-n3cnnc3)nc2)cc1OC. The third kappa shape index (κ3) is 4.81. The van der Waals surface area contributed by atoms with E-state index < -0.39 is 0 Å². The van der Waals surface area contributed by atoms with Gasteiger partial charge in [0.05, 0.1) is 25.6 Å². The maximum absolute atomic E-state index is 12.2. The summed E-state index contributed by atoms with van der Waals surface area (Å²) in [4.78, 5) is 16.5. The van der Waals surface area contributed by atoms with Crippen LogP contribution in [0.1, 0.15) is 18.9 Å². The zero-order chi connectivity index (χ0) is 19.1. The first-order valence-electron chi connectivity index (χ1n) is 8.60. The van der Waals surface area contributed by atoms with E-state index in [-0.39, 0.29) is 5.91 Å². The highest BCUT2D eigenvalue weighted by atomic mass is 16.5. The normalized spacial score (nSPS) is 10.4. The number of pyridine rings is 1. The molecular formula is C19H21N5O3.